The van der Waals surface area contributed by atoms with E-state index in [2.05, 4.69) is 40.7 Å². The monoisotopic (exact) mass is 235 g/mol. The molecule has 2 unspecified atom stereocenters. The average Bonchev–Trinajstić information content (AvgIpc) is 2.23. The van der Waals surface area contributed by atoms with E-state index in [1.54, 1.807) is 0 Å². The molecule has 2 rings (SSSR count). The molecule has 2 heterocycles. The molecule has 0 bridgehead atoms. The standard InChI is InChI=1S/C12H21N5/c1-8-6-17(7-9(2)16(8)4)12-5-11(13)14-10(3)15-12/h5,8-9H,6-7H2,1-4H3,(H2,13,14,15). The van der Waals surface area contributed by atoms with Crippen molar-refractivity contribution < 1.29 is 0 Å². The van der Waals surface area contributed by atoms with E-state index in [-0.39, 0.29) is 0 Å². The zero-order valence-corrected chi connectivity index (χ0v) is 11.0. The fourth-order valence-electron chi connectivity index (χ4n) is 2.33. The maximum absolute atomic E-state index is 5.77. The fraction of sp³-hybridized carbons (Fsp3) is 0.667. The minimum atomic E-state index is 0.523. The summed E-state index contributed by atoms with van der Waals surface area (Å²) in [6.07, 6.45) is 0. The Bertz CT molecular complexity index is 374. The molecule has 1 aromatic rings. The van der Waals surface area contributed by atoms with E-state index in [4.69, 9.17) is 5.73 Å². The molecule has 5 heteroatoms. The molecule has 0 saturated carbocycles. The van der Waals surface area contributed by atoms with Crippen LogP contribution in [-0.2, 0) is 0 Å². The summed E-state index contributed by atoms with van der Waals surface area (Å²) in [7, 11) is 2.17. The lowest BCUT2D eigenvalue weighted by Crippen LogP contribution is -2.55. The van der Waals surface area contributed by atoms with Crippen LogP contribution in [0.25, 0.3) is 0 Å². The molecule has 0 spiro atoms. The number of anilines is 2. The minimum Gasteiger partial charge on any atom is -0.384 e. The highest BCUT2D eigenvalue weighted by Crippen LogP contribution is 2.20. The molecule has 1 fully saturated rings. The summed E-state index contributed by atoms with van der Waals surface area (Å²) < 4.78 is 0. The number of hydrogen-bond donors (Lipinski definition) is 1. The van der Waals surface area contributed by atoms with Crippen LogP contribution in [0.4, 0.5) is 11.6 Å². The third-order valence-electron chi connectivity index (χ3n) is 3.53. The van der Waals surface area contributed by atoms with Crippen molar-refractivity contribution in [1.29, 1.82) is 0 Å². The van der Waals surface area contributed by atoms with Gasteiger partial charge in [-0.2, -0.15) is 0 Å². The van der Waals surface area contributed by atoms with E-state index in [0.29, 0.717) is 17.9 Å². The third kappa shape index (κ3) is 2.49. The van der Waals surface area contributed by atoms with Gasteiger partial charge in [0.1, 0.15) is 17.5 Å². The molecule has 94 valence electrons. The number of nitrogen functional groups attached to an aromatic ring is 1. The number of piperazine rings is 1. The van der Waals surface area contributed by atoms with Gasteiger partial charge in [0.25, 0.3) is 0 Å². The number of aryl methyl sites for hydroxylation is 1. The zero-order chi connectivity index (χ0) is 12.6. The highest BCUT2D eigenvalue weighted by molar-refractivity contribution is 5.47. The second-order valence-electron chi connectivity index (χ2n) is 4.97. The van der Waals surface area contributed by atoms with E-state index < -0.39 is 0 Å². The minimum absolute atomic E-state index is 0.523. The first kappa shape index (κ1) is 12.1. The largest absolute Gasteiger partial charge is 0.384 e. The van der Waals surface area contributed by atoms with Gasteiger partial charge in [-0.15, -0.1) is 0 Å². The number of likely N-dealkylation sites (N-methyl/N-ethyl adjacent to an activating group) is 1. The van der Waals surface area contributed by atoms with Gasteiger partial charge in [0.2, 0.25) is 0 Å². The summed E-state index contributed by atoms with van der Waals surface area (Å²) in [4.78, 5) is 13.3. The summed E-state index contributed by atoms with van der Waals surface area (Å²) in [5.74, 6) is 2.23. The van der Waals surface area contributed by atoms with E-state index in [1.807, 2.05) is 13.0 Å². The van der Waals surface area contributed by atoms with Crippen LogP contribution in [0.3, 0.4) is 0 Å². The van der Waals surface area contributed by atoms with Crippen molar-refractivity contribution >= 4 is 11.6 Å². The maximum Gasteiger partial charge on any atom is 0.134 e. The second kappa shape index (κ2) is 4.49. The van der Waals surface area contributed by atoms with Crippen molar-refractivity contribution in [2.75, 3.05) is 30.8 Å². The van der Waals surface area contributed by atoms with Crippen molar-refractivity contribution in [2.45, 2.75) is 32.9 Å². The summed E-state index contributed by atoms with van der Waals surface area (Å²) in [6.45, 7) is 8.32. The second-order valence-corrected chi connectivity index (χ2v) is 4.97. The van der Waals surface area contributed by atoms with Gasteiger partial charge in [0.05, 0.1) is 0 Å². The average molecular weight is 235 g/mol. The SMILES string of the molecule is Cc1nc(N)cc(N2CC(C)N(C)C(C)C2)n1. The Morgan fingerprint density at radius 1 is 1.24 bits per heavy atom. The first-order chi connectivity index (χ1) is 7.97. The van der Waals surface area contributed by atoms with Crippen LogP contribution in [-0.4, -0.2) is 47.1 Å². The van der Waals surface area contributed by atoms with Crippen molar-refractivity contribution in [2.24, 2.45) is 0 Å². The summed E-state index contributed by atoms with van der Waals surface area (Å²) in [5.41, 5.74) is 5.77. The van der Waals surface area contributed by atoms with E-state index >= 15 is 0 Å². The topological polar surface area (TPSA) is 58.3 Å². The van der Waals surface area contributed by atoms with Crippen molar-refractivity contribution in [3.63, 3.8) is 0 Å². The Balaban J connectivity index is 2.22. The Labute approximate surface area is 103 Å². The van der Waals surface area contributed by atoms with Gasteiger partial charge in [-0.05, 0) is 27.8 Å². The van der Waals surface area contributed by atoms with Gasteiger partial charge in [-0.1, -0.05) is 0 Å². The quantitative estimate of drug-likeness (QED) is 0.783. The summed E-state index contributed by atoms with van der Waals surface area (Å²) in [6, 6.07) is 2.91. The highest BCUT2D eigenvalue weighted by atomic mass is 15.3. The van der Waals surface area contributed by atoms with Gasteiger partial charge >= 0.3 is 0 Å². The first-order valence-electron chi connectivity index (χ1n) is 6.05. The molecule has 0 aromatic carbocycles. The van der Waals surface area contributed by atoms with Gasteiger partial charge in [-0.3, -0.25) is 4.90 Å². The molecule has 2 atom stereocenters. The third-order valence-corrected chi connectivity index (χ3v) is 3.53. The Morgan fingerprint density at radius 3 is 2.35 bits per heavy atom. The normalized spacial score (nSPS) is 26.2. The molecule has 0 amide bonds. The molecule has 17 heavy (non-hydrogen) atoms. The van der Waals surface area contributed by atoms with Crippen LogP contribution in [0.1, 0.15) is 19.7 Å². The van der Waals surface area contributed by atoms with E-state index in [9.17, 15) is 0 Å². The van der Waals surface area contributed by atoms with Crippen LogP contribution in [0.5, 0.6) is 0 Å². The lowest BCUT2D eigenvalue weighted by Gasteiger charge is -2.43. The summed E-state index contributed by atoms with van der Waals surface area (Å²) in [5, 5.41) is 0. The molecule has 2 N–H and O–H groups in total. The summed E-state index contributed by atoms with van der Waals surface area (Å²) >= 11 is 0. The number of nitrogens with zero attached hydrogens (tertiary/aromatic N) is 4. The Hall–Kier alpha value is -1.36. The molecule has 0 radical (unpaired) electrons. The van der Waals surface area contributed by atoms with Gasteiger partial charge < -0.3 is 10.6 Å². The van der Waals surface area contributed by atoms with Crippen molar-refractivity contribution in [1.82, 2.24) is 14.9 Å². The smallest absolute Gasteiger partial charge is 0.134 e. The first-order valence-corrected chi connectivity index (χ1v) is 6.05. The molecule has 1 aliphatic heterocycles. The van der Waals surface area contributed by atoms with Crippen molar-refractivity contribution in [3.8, 4) is 0 Å². The molecular formula is C12H21N5. The maximum atomic E-state index is 5.77. The van der Waals surface area contributed by atoms with Crippen LogP contribution < -0.4 is 10.6 Å². The van der Waals surface area contributed by atoms with Gasteiger partial charge in [0, 0.05) is 31.2 Å². The van der Waals surface area contributed by atoms with Crippen LogP contribution >= 0.6 is 0 Å². The van der Waals surface area contributed by atoms with Gasteiger partial charge in [-0.25, -0.2) is 9.97 Å². The molecular weight excluding hydrogens is 214 g/mol. The Kier molecular flexibility index (Phi) is 3.19. The number of nitrogens with two attached hydrogens (primary N) is 1. The molecule has 1 aromatic heterocycles. The predicted octanol–water partition coefficient (Wildman–Crippen LogP) is 0.896. The van der Waals surface area contributed by atoms with E-state index in [1.165, 1.54) is 0 Å². The number of rotatable bonds is 1. The lowest BCUT2D eigenvalue weighted by molar-refractivity contribution is 0.169. The van der Waals surface area contributed by atoms with Crippen molar-refractivity contribution in [3.05, 3.63) is 11.9 Å². The van der Waals surface area contributed by atoms with Gasteiger partial charge in [0.15, 0.2) is 0 Å². The molecule has 1 saturated heterocycles. The molecule has 0 aliphatic carbocycles. The van der Waals surface area contributed by atoms with E-state index in [0.717, 1.165) is 24.7 Å². The van der Waals surface area contributed by atoms with Crippen LogP contribution in [0.15, 0.2) is 6.07 Å². The number of hydrogen-bond acceptors (Lipinski definition) is 5. The predicted molar refractivity (Wildman–Crippen MR) is 70.1 cm³/mol. The lowest BCUT2D eigenvalue weighted by atomic mass is 10.1. The van der Waals surface area contributed by atoms with Crippen LogP contribution in [0.2, 0.25) is 0 Å². The highest BCUT2D eigenvalue weighted by Gasteiger charge is 2.27. The number of aromatic nitrogens is 2. The zero-order valence-electron chi connectivity index (χ0n) is 11.0. The molecule has 1 aliphatic rings. The molecule has 5 nitrogen and oxygen atoms in total. The fourth-order valence-corrected chi connectivity index (χ4v) is 2.33. The van der Waals surface area contributed by atoms with Crippen LogP contribution in [0, 0.1) is 6.92 Å². The Morgan fingerprint density at radius 2 is 1.82 bits per heavy atom.